The number of ether oxygens (including phenoxy) is 1. The van der Waals surface area contributed by atoms with Gasteiger partial charge in [0, 0.05) is 38.0 Å². The van der Waals surface area contributed by atoms with Gasteiger partial charge in [-0.1, -0.05) is 72.0 Å². The van der Waals surface area contributed by atoms with Crippen LogP contribution in [-0.2, 0) is 19.1 Å². The van der Waals surface area contributed by atoms with E-state index in [2.05, 4.69) is 88.5 Å². The molecule has 6 rings (SSSR count). The van der Waals surface area contributed by atoms with Crippen LogP contribution in [0.1, 0.15) is 106 Å². The molecule has 48 heavy (non-hydrogen) atoms. The zero-order valence-electron chi connectivity index (χ0n) is 31.3. The molecule has 6 aliphatic rings. The lowest BCUT2D eigenvalue weighted by Gasteiger charge is -2.71. The fraction of sp³-hybridized carbons (Fsp3) is 0.829. The van der Waals surface area contributed by atoms with Crippen molar-refractivity contribution in [3.63, 3.8) is 0 Å². The number of allylic oxidation sites excluding steroid dienone is 2. The van der Waals surface area contributed by atoms with E-state index in [0.29, 0.717) is 42.4 Å². The number of Topliss-reactive ketones (excluding diaryl/α,β-unsaturated/α-hetero) is 1. The molecule has 0 spiro atoms. The van der Waals surface area contributed by atoms with Crippen molar-refractivity contribution >= 4 is 17.7 Å². The number of amides is 1. The van der Waals surface area contributed by atoms with Gasteiger partial charge in [-0.15, -0.1) is 0 Å². The number of likely N-dealkylation sites (N-methyl/N-ethyl adjacent to an activating group) is 1. The average molecular weight is 662 g/mol. The summed E-state index contributed by atoms with van der Waals surface area (Å²) in [5, 5.41) is 3.07. The molecule has 0 unspecified atom stereocenters. The standard InChI is InChI=1S/C41H63N3O4/c1-28-13-18-41(36(47)42-27-34(46)48-26-10-9-21-44-24-22-43(8)23-25-44)20-19-39(6)30(35(41)29(28)2)11-12-32-38(5)16-15-33(45)37(3,4)31(38)14-17-40(32,39)7/h11,28-29,31-32,35H,12-27H2,1-8H3,(H,42,47)/t28-,29+,31+,32-,35+,38+,39-,40-,41+/m1/s1. The maximum Gasteiger partial charge on any atom is 0.326 e. The zero-order chi connectivity index (χ0) is 34.7. The highest BCUT2D eigenvalue weighted by Crippen LogP contribution is 2.75. The van der Waals surface area contributed by atoms with Crippen molar-refractivity contribution in [3.05, 3.63) is 11.6 Å². The smallest absolute Gasteiger partial charge is 0.326 e. The van der Waals surface area contributed by atoms with E-state index in [0.717, 1.165) is 77.5 Å². The molecule has 0 radical (unpaired) electrons. The van der Waals surface area contributed by atoms with Gasteiger partial charge in [0.25, 0.3) is 0 Å². The summed E-state index contributed by atoms with van der Waals surface area (Å²) in [6, 6.07) is 0. The average Bonchev–Trinajstić information content (AvgIpc) is 3.04. The number of ketones is 1. The largest absolute Gasteiger partial charge is 0.451 e. The Balaban J connectivity index is 1.17. The van der Waals surface area contributed by atoms with Crippen LogP contribution in [0.3, 0.4) is 0 Å². The molecule has 9 atom stereocenters. The van der Waals surface area contributed by atoms with Crippen molar-refractivity contribution < 1.29 is 19.1 Å². The van der Waals surface area contributed by atoms with Crippen molar-refractivity contribution in [1.82, 2.24) is 15.1 Å². The zero-order valence-corrected chi connectivity index (χ0v) is 31.3. The van der Waals surface area contributed by atoms with Crippen LogP contribution in [0.15, 0.2) is 11.6 Å². The van der Waals surface area contributed by atoms with Crippen LogP contribution in [0.2, 0.25) is 0 Å². The molecule has 7 nitrogen and oxygen atoms in total. The van der Waals surface area contributed by atoms with E-state index in [1.54, 1.807) is 0 Å². The molecule has 1 aliphatic heterocycles. The van der Waals surface area contributed by atoms with Crippen molar-refractivity contribution in [2.24, 2.45) is 56.7 Å². The van der Waals surface area contributed by atoms with Gasteiger partial charge in [-0.05, 0) is 104 Å². The lowest BCUT2D eigenvalue weighted by atomic mass is 9.33. The van der Waals surface area contributed by atoms with Gasteiger partial charge in [-0.2, -0.15) is 0 Å². The molecule has 4 saturated carbocycles. The molecule has 0 aromatic rings. The molecule has 7 heteroatoms. The summed E-state index contributed by atoms with van der Waals surface area (Å²) >= 11 is 0. The molecule has 1 amide bonds. The lowest BCUT2D eigenvalue weighted by molar-refractivity contribution is -0.187. The first-order valence-electron chi connectivity index (χ1n) is 19.1. The Morgan fingerprint density at radius 3 is 2.40 bits per heavy atom. The van der Waals surface area contributed by atoms with E-state index in [1.807, 2.05) is 0 Å². The molecule has 1 heterocycles. The van der Waals surface area contributed by atoms with Gasteiger partial charge >= 0.3 is 5.97 Å². The summed E-state index contributed by atoms with van der Waals surface area (Å²) in [6.07, 6.45) is 11.3. The number of esters is 1. The van der Waals surface area contributed by atoms with E-state index in [9.17, 15) is 14.4 Å². The molecular formula is C41H63N3O4. The monoisotopic (exact) mass is 661 g/mol. The Hall–Kier alpha value is -2.17. The first kappa shape index (κ1) is 35.6. The van der Waals surface area contributed by atoms with Crippen LogP contribution in [0.5, 0.6) is 0 Å². The van der Waals surface area contributed by atoms with Crippen LogP contribution < -0.4 is 5.32 Å². The van der Waals surface area contributed by atoms with E-state index in [-0.39, 0.29) is 46.6 Å². The number of piperazine rings is 1. The number of carbonyl (C=O) groups excluding carboxylic acids is 3. The summed E-state index contributed by atoms with van der Waals surface area (Å²) in [5.74, 6) is 8.22. The summed E-state index contributed by atoms with van der Waals surface area (Å²) in [5.41, 5.74) is 1.04. The molecule has 0 aromatic carbocycles. The fourth-order valence-electron chi connectivity index (χ4n) is 12.4. The Bertz CT molecular complexity index is 1390. The third kappa shape index (κ3) is 5.60. The number of fused-ring (bicyclic) bond motifs is 7. The summed E-state index contributed by atoms with van der Waals surface area (Å²) in [4.78, 5) is 44.8. The number of nitrogens with one attached hydrogen (secondary N) is 1. The SMILES string of the molecule is C[C@H]1[C@H](C)CC[C@]2(C(=O)NCC(=O)OCC#CCN3CCN(C)CC3)CC[C@]3(C)C(=CC[C@@H]4[C@@]5(C)CCC(=O)C(C)(C)[C@@H]5CC[C@]43C)[C@H]12. The Labute approximate surface area is 290 Å². The van der Waals surface area contributed by atoms with E-state index >= 15 is 0 Å². The van der Waals surface area contributed by atoms with Gasteiger partial charge in [0.2, 0.25) is 5.91 Å². The quantitative estimate of drug-likeness (QED) is 0.217. The van der Waals surface area contributed by atoms with Crippen LogP contribution >= 0.6 is 0 Å². The number of carbonyl (C=O) groups is 3. The molecule has 266 valence electrons. The van der Waals surface area contributed by atoms with Crippen LogP contribution in [0.4, 0.5) is 0 Å². The second-order valence-corrected chi connectivity index (χ2v) is 18.2. The van der Waals surface area contributed by atoms with Gasteiger partial charge in [0.05, 0.1) is 12.0 Å². The summed E-state index contributed by atoms with van der Waals surface area (Å²) < 4.78 is 5.42. The van der Waals surface area contributed by atoms with Crippen molar-refractivity contribution in [2.75, 3.05) is 52.9 Å². The van der Waals surface area contributed by atoms with Crippen molar-refractivity contribution in [2.45, 2.75) is 106 Å². The molecule has 5 fully saturated rings. The van der Waals surface area contributed by atoms with Gasteiger partial charge in [-0.3, -0.25) is 19.3 Å². The van der Waals surface area contributed by atoms with Crippen molar-refractivity contribution in [3.8, 4) is 11.8 Å². The molecule has 1 saturated heterocycles. The molecule has 1 N–H and O–H groups in total. The van der Waals surface area contributed by atoms with Gasteiger partial charge in [0.15, 0.2) is 6.61 Å². The first-order chi connectivity index (χ1) is 22.6. The Morgan fingerprint density at radius 1 is 0.938 bits per heavy atom. The van der Waals surface area contributed by atoms with Crippen LogP contribution in [0, 0.1) is 68.5 Å². The lowest BCUT2D eigenvalue weighted by Crippen LogP contribution is -2.65. The minimum absolute atomic E-state index is 0.0109. The second-order valence-electron chi connectivity index (χ2n) is 18.2. The van der Waals surface area contributed by atoms with E-state index < -0.39 is 11.4 Å². The number of hydrogen-bond acceptors (Lipinski definition) is 6. The maximum absolute atomic E-state index is 14.4. The second kappa shape index (κ2) is 12.9. The highest BCUT2D eigenvalue weighted by molar-refractivity contribution is 5.87. The molecule has 0 bridgehead atoms. The minimum atomic E-state index is -0.497. The highest BCUT2D eigenvalue weighted by Gasteiger charge is 2.69. The number of hydrogen-bond donors (Lipinski definition) is 1. The Kier molecular flexibility index (Phi) is 9.55. The van der Waals surface area contributed by atoms with Gasteiger partial charge in [0.1, 0.15) is 12.3 Å². The molecule has 0 aromatic heterocycles. The topological polar surface area (TPSA) is 79.0 Å². The van der Waals surface area contributed by atoms with Gasteiger partial charge in [-0.25, -0.2) is 0 Å². The molecular weight excluding hydrogens is 598 g/mol. The third-order valence-electron chi connectivity index (χ3n) is 15.9. The maximum atomic E-state index is 14.4. The minimum Gasteiger partial charge on any atom is -0.451 e. The van der Waals surface area contributed by atoms with Gasteiger partial charge < -0.3 is 15.0 Å². The number of nitrogens with zero attached hydrogens (tertiary/aromatic N) is 2. The third-order valence-corrected chi connectivity index (χ3v) is 15.9. The van der Waals surface area contributed by atoms with Crippen LogP contribution in [-0.4, -0.2) is 80.4 Å². The normalized spacial score (nSPS) is 42.5. The fourth-order valence-corrected chi connectivity index (χ4v) is 12.4. The Morgan fingerprint density at radius 2 is 1.67 bits per heavy atom. The van der Waals surface area contributed by atoms with Crippen LogP contribution in [0.25, 0.3) is 0 Å². The van der Waals surface area contributed by atoms with E-state index in [4.69, 9.17) is 4.74 Å². The predicted octanol–water partition coefficient (Wildman–Crippen LogP) is 6.12. The summed E-state index contributed by atoms with van der Waals surface area (Å²) in [6.45, 7) is 21.5. The van der Waals surface area contributed by atoms with Crippen molar-refractivity contribution in [1.29, 1.82) is 0 Å². The molecule has 5 aliphatic carbocycles. The van der Waals surface area contributed by atoms with E-state index in [1.165, 1.54) is 5.57 Å². The number of rotatable bonds is 5. The highest BCUT2D eigenvalue weighted by atomic mass is 16.5. The summed E-state index contributed by atoms with van der Waals surface area (Å²) in [7, 11) is 2.14. The predicted molar refractivity (Wildman–Crippen MR) is 190 cm³/mol. The first-order valence-corrected chi connectivity index (χ1v) is 19.1.